The van der Waals surface area contributed by atoms with E-state index >= 15 is 0 Å². The summed E-state index contributed by atoms with van der Waals surface area (Å²) >= 11 is 4.17. The van der Waals surface area contributed by atoms with Crippen molar-refractivity contribution in [2.45, 2.75) is 24.6 Å². The largest absolute Gasteiger partial charge is 0.346 e. The SMILES string of the molecule is CC(C)(S)C(N)C[PH](=O)O. The number of nitrogens with two attached hydrogens (primary N) is 1. The zero-order chi connectivity index (χ0) is 8.36. The molecule has 0 radical (unpaired) electrons. The van der Waals surface area contributed by atoms with Crippen LogP contribution in [0.25, 0.3) is 0 Å². The molecular weight excluding hydrogens is 169 g/mol. The van der Waals surface area contributed by atoms with E-state index in [1.54, 1.807) is 0 Å². The van der Waals surface area contributed by atoms with Crippen molar-refractivity contribution in [1.82, 2.24) is 0 Å². The van der Waals surface area contributed by atoms with Gasteiger partial charge in [-0.05, 0) is 13.8 Å². The Bertz CT molecular complexity index is 134. The highest BCUT2D eigenvalue weighted by molar-refractivity contribution is 7.81. The highest BCUT2D eigenvalue weighted by atomic mass is 32.1. The van der Waals surface area contributed by atoms with E-state index in [1.807, 2.05) is 13.8 Å². The lowest BCUT2D eigenvalue weighted by Gasteiger charge is -2.24. The van der Waals surface area contributed by atoms with Gasteiger partial charge in [0.05, 0.1) is 0 Å². The van der Waals surface area contributed by atoms with Crippen molar-refractivity contribution in [3.63, 3.8) is 0 Å². The van der Waals surface area contributed by atoms with Crippen LogP contribution in [0.2, 0.25) is 0 Å². The molecule has 0 aromatic rings. The Balaban J connectivity index is 3.85. The summed E-state index contributed by atoms with van der Waals surface area (Å²) in [6.45, 7) is 3.65. The maximum atomic E-state index is 10.3. The number of rotatable bonds is 3. The lowest BCUT2D eigenvalue weighted by molar-refractivity contribution is 0.486. The first-order valence-electron chi connectivity index (χ1n) is 3.04. The third kappa shape index (κ3) is 4.34. The third-order valence-electron chi connectivity index (χ3n) is 1.30. The van der Waals surface area contributed by atoms with Crippen molar-refractivity contribution in [3.8, 4) is 0 Å². The smallest absolute Gasteiger partial charge is 0.190 e. The molecule has 0 saturated carbocycles. The van der Waals surface area contributed by atoms with Gasteiger partial charge in [0.15, 0.2) is 8.03 Å². The molecule has 10 heavy (non-hydrogen) atoms. The minimum absolute atomic E-state index is 0.154. The van der Waals surface area contributed by atoms with Gasteiger partial charge in [-0.2, -0.15) is 12.6 Å². The molecule has 5 heteroatoms. The summed E-state index contributed by atoms with van der Waals surface area (Å²) in [5.74, 6) is 0. The van der Waals surface area contributed by atoms with Crippen molar-refractivity contribution in [2.24, 2.45) is 5.73 Å². The second-order valence-electron chi connectivity index (χ2n) is 2.86. The Morgan fingerprint density at radius 1 is 1.80 bits per heavy atom. The molecule has 0 heterocycles. The van der Waals surface area contributed by atoms with Gasteiger partial charge in [0.25, 0.3) is 0 Å². The Morgan fingerprint density at radius 2 is 2.20 bits per heavy atom. The molecule has 0 aliphatic heterocycles. The lowest BCUT2D eigenvalue weighted by Crippen LogP contribution is -2.40. The molecule has 0 bridgehead atoms. The van der Waals surface area contributed by atoms with Crippen LogP contribution in [-0.4, -0.2) is 21.8 Å². The fourth-order valence-electron chi connectivity index (χ4n) is 0.438. The third-order valence-corrected chi connectivity index (χ3v) is 2.42. The first-order chi connectivity index (χ1) is 4.34. The average molecular weight is 183 g/mol. The molecule has 0 fully saturated rings. The number of hydrogen-bond donors (Lipinski definition) is 3. The van der Waals surface area contributed by atoms with Crippen LogP contribution in [0.1, 0.15) is 13.8 Å². The number of thiol groups is 1. The van der Waals surface area contributed by atoms with Crippen LogP contribution in [0.5, 0.6) is 0 Å². The van der Waals surface area contributed by atoms with E-state index in [1.165, 1.54) is 0 Å². The topological polar surface area (TPSA) is 63.3 Å². The van der Waals surface area contributed by atoms with Crippen molar-refractivity contribution in [2.75, 3.05) is 6.16 Å². The van der Waals surface area contributed by atoms with Gasteiger partial charge >= 0.3 is 0 Å². The van der Waals surface area contributed by atoms with Gasteiger partial charge in [-0.15, -0.1) is 0 Å². The first kappa shape index (κ1) is 10.5. The predicted octanol–water partition coefficient (Wildman–Crippen LogP) is 0.489. The molecule has 0 aliphatic rings. The molecule has 0 saturated heterocycles. The minimum atomic E-state index is -2.44. The van der Waals surface area contributed by atoms with E-state index in [2.05, 4.69) is 12.6 Å². The molecule has 3 N–H and O–H groups in total. The lowest BCUT2D eigenvalue weighted by atomic mass is 10.1. The Labute approximate surface area is 67.3 Å². The zero-order valence-corrected chi connectivity index (χ0v) is 8.06. The van der Waals surface area contributed by atoms with Gasteiger partial charge in [-0.1, -0.05) is 0 Å². The molecule has 2 unspecified atom stereocenters. The molecule has 0 aromatic heterocycles. The molecule has 0 rings (SSSR count). The van der Waals surface area contributed by atoms with Crippen molar-refractivity contribution < 1.29 is 9.46 Å². The highest BCUT2D eigenvalue weighted by Gasteiger charge is 2.22. The van der Waals surface area contributed by atoms with Gasteiger partial charge in [0, 0.05) is 17.0 Å². The Morgan fingerprint density at radius 3 is 2.30 bits per heavy atom. The van der Waals surface area contributed by atoms with Crippen molar-refractivity contribution in [1.29, 1.82) is 0 Å². The van der Waals surface area contributed by atoms with Gasteiger partial charge in [0.1, 0.15) is 0 Å². The van der Waals surface area contributed by atoms with E-state index in [-0.39, 0.29) is 17.0 Å². The van der Waals surface area contributed by atoms with Crippen LogP contribution in [0.4, 0.5) is 0 Å². The summed E-state index contributed by atoms with van der Waals surface area (Å²) in [5, 5.41) is 0. The Hall–Kier alpha value is 0.500. The molecule has 0 aliphatic carbocycles. The molecule has 0 aromatic carbocycles. The summed E-state index contributed by atoms with van der Waals surface area (Å²) in [7, 11) is -2.44. The maximum absolute atomic E-state index is 10.3. The normalized spacial score (nSPS) is 18.5. The summed E-state index contributed by atoms with van der Waals surface area (Å²) in [5.41, 5.74) is 5.54. The standard InChI is InChI=1S/C5H14NO2PS/c1-5(2,10)4(6)3-9(7)8/h4,9-10H,3,6H2,1-2H3,(H,7,8). The van der Waals surface area contributed by atoms with Crippen LogP contribution in [0, 0.1) is 0 Å². The van der Waals surface area contributed by atoms with E-state index in [4.69, 9.17) is 10.6 Å². The zero-order valence-electron chi connectivity index (χ0n) is 6.16. The molecular formula is C5H14NO2PS. The number of hydrogen-bond acceptors (Lipinski definition) is 3. The fourth-order valence-corrected chi connectivity index (χ4v) is 1.59. The second kappa shape index (κ2) is 3.77. The maximum Gasteiger partial charge on any atom is 0.190 e. The van der Waals surface area contributed by atoms with E-state index in [0.717, 1.165) is 0 Å². The molecule has 3 nitrogen and oxygen atoms in total. The van der Waals surface area contributed by atoms with Crippen LogP contribution >= 0.6 is 20.7 Å². The summed E-state index contributed by atoms with van der Waals surface area (Å²) in [4.78, 5) is 8.52. The van der Waals surface area contributed by atoms with Gasteiger partial charge < -0.3 is 10.6 Å². The highest BCUT2D eigenvalue weighted by Crippen LogP contribution is 2.23. The monoisotopic (exact) mass is 183 g/mol. The molecule has 62 valence electrons. The molecule has 0 spiro atoms. The first-order valence-corrected chi connectivity index (χ1v) is 5.04. The quantitative estimate of drug-likeness (QED) is 0.440. The molecule has 2 atom stereocenters. The minimum Gasteiger partial charge on any atom is -0.346 e. The second-order valence-corrected chi connectivity index (χ2v) is 5.21. The Kier molecular flexibility index (Phi) is 3.95. The average Bonchev–Trinajstić information content (AvgIpc) is 1.60. The van der Waals surface area contributed by atoms with Crippen molar-refractivity contribution >= 4 is 20.7 Å². The molecule has 0 amide bonds. The fraction of sp³-hybridized carbons (Fsp3) is 1.00. The summed E-state index contributed by atoms with van der Waals surface area (Å²) in [6.07, 6.45) is 0.154. The van der Waals surface area contributed by atoms with E-state index in [9.17, 15) is 4.57 Å². The summed E-state index contributed by atoms with van der Waals surface area (Å²) in [6, 6.07) is -0.313. The van der Waals surface area contributed by atoms with Crippen LogP contribution in [-0.2, 0) is 4.57 Å². The summed E-state index contributed by atoms with van der Waals surface area (Å²) < 4.78 is 9.96. The van der Waals surface area contributed by atoms with Gasteiger partial charge in [0.2, 0.25) is 0 Å². The van der Waals surface area contributed by atoms with E-state index in [0.29, 0.717) is 0 Å². The van der Waals surface area contributed by atoms with Crippen LogP contribution in [0.15, 0.2) is 0 Å². The van der Waals surface area contributed by atoms with Crippen LogP contribution < -0.4 is 5.73 Å². The van der Waals surface area contributed by atoms with Gasteiger partial charge in [-0.25, -0.2) is 0 Å². The van der Waals surface area contributed by atoms with Gasteiger partial charge in [-0.3, -0.25) is 4.57 Å². The van der Waals surface area contributed by atoms with Crippen molar-refractivity contribution in [3.05, 3.63) is 0 Å². The van der Waals surface area contributed by atoms with E-state index < -0.39 is 8.03 Å². The predicted molar refractivity (Wildman–Crippen MR) is 47.1 cm³/mol. The van der Waals surface area contributed by atoms with Crippen LogP contribution in [0.3, 0.4) is 0 Å².